The smallest absolute Gasteiger partial charge is 0.323 e. The van der Waals surface area contributed by atoms with Crippen molar-refractivity contribution in [1.82, 2.24) is 4.31 Å². The summed E-state index contributed by atoms with van der Waals surface area (Å²) in [6.45, 7) is 2.57. The van der Waals surface area contributed by atoms with Gasteiger partial charge in [0.1, 0.15) is 0 Å². The van der Waals surface area contributed by atoms with E-state index in [1.165, 1.54) is 18.5 Å². The molecule has 1 aliphatic heterocycles. The Morgan fingerprint density at radius 3 is 2.41 bits per heavy atom. The maximum atomic E-state index is 13.1. The third kappa shape index (κ3) is 4.85. The second-order valence-corrected chi connectivity index (χ2v) is 9.94. The molecule has 4 rings (SSSR count). The minimum Gasteiger partial charge on any atom is -0.493 e. The number of nitrogens with zero attached hydrogens (tertiary/aromatic N) is 1. The number of methoxy groups -OCH3 is 2. The van der Waals surface area contributed by atoms with Crippen LogP contribution in [0.4, 0.5) is 16.2 Å². The lowest BCUT2D eigenvalue weighted by atomic mass is 10.0. The molecule has 0 fully saturated rings. The Hall–Kier alpha value is -3.56. The number of hydrogen-bond acceptors (Lipinski definition) is 5. The van der Waals surface area contributed by atoms with Gasteiger partial charge in [-0.1, -0.05) is 29.8 Å². The van der Waals surface area contributed by atoms with Crippen molar-refractivity contribution >= 4 is 27.4 Å². The highest BCUT2D eigenvalue weighted by Crippen LogP contribution is 2.35. The SMILES string of the molecule is COc1cccc(NC(=O)Nc2ccc3c(c2)CN(S(=O)(=O)c2ccc(C)cc2)CC3)c1OC. The molecule has 34 heavy (non-hydrogen) atoms. The van der Waals surface area contributed by atoms with Crippen LogP contribution < -0.4 is 20.1 Å². The molecule has 0 atom stereocenters. The van der Waals surface area contributed by atoms with E-state index >= 15 is 0 Å². The average Bonchev–Trinajstić information content (AvgIpc) is 2.83. The quantitative estimate of drug-likeness (QED) is 0.544. The summed E-state index contributed by atoms with van der Waals surface area (Å²) in [6, 6.07) is 17.2. The predicted octanol–water partition coefficient (Wildman–Crippen LogP) is 4.40. The van der Waals surface area contributed by atoms with Gasteiger partial charge < -0.3 is 20.1 Å². The van der Waals surface area contributed by atoms with E-state index in [4.69, 9.17) is 9.47 Å². The van der Waals surface area contributed by atoms with Crippen LogP contribution >= 0.6 is 0 Å². The van der Waals surface area contributed by atoms with Gasteiger partial charge >= 0.3 is 6.03 Å². The molecular weight excluding hydrogens is 454 g/mol. The first-order valence-electron chi connectivity index (χ1n) is 10.8. The number of para-hydroxylation sites is 1. The number of urea groups is 1. The molecule has 2 N–H and O–H groups in total. The molecule has 3 aromatic carbocycles. The fourth-order valence-electron chi connectivity index (χ4n) is 3.94. The van der Waals surface area contributed by atoms with Crippen molar-refractivity contribution in [3.05, 3.63) is 77.4 Å². The highest BCUT2D eigenvalue weighted by Gasteiger charge is 2.28. The molecule has 8 nitrogen and oxygen atoms in total. The van der Waals surface area contributed by atoms with Crippen molar-refractivity contribution in [2.24, 2.45) is 0 Å². The van der Waals surface area contributed by atoms with Gasteiger partial charge in [-0.25, -0.2) is 13.2 Å². The van der Waals surface area contributed by atoms with Crippen LogP contribution in [0.5, 0.6) is 11.5 Å². The van der Waals surface area contributed by atoms with Crippen molar-refractivity contribution in [2.45, 2.75) is 24.8 Å². The van der Waals surface area contributed by atoms with E-state index in [0.29, 0.717) is 35.8 Å². The number of carbonyl (C=O) groups excluding carboxylic acids is 1. The van der Waals surface area contributed by atoms with Gasteiger partial charge in [-0.2, -0.15) is 4.31 Å². The van der Waals surface area contributed by atoms with Gasteiger partial charge in [0.25, 0.3) is 0 Å². The van der Waals surface area contributed by atoms with Gasteiger partial charge in [-0.05, 0) is 60.9 Å². The lowest BCUT2D eigenvalue weighted by Crippen LogP contribution is -2.36. The predicted molar refractivity (Wildman–Crippen MR) is 131 cm³/mol. The maximum Gasteiger partial charge on any atom is 0.323 e. The lowest BCUT2D eigenvalue weighted by Gasteiger charge is -2.28. The first kappa shape index (κ1) is 23.6. The summed E-state index contributed by atoms with van der Waals surface area (Å²) in [5.74, 6) is 0.923. The zero-order chi connectivity index (χ0) is 24.3. The number of benzene rings is 3. The van der Waals surface area contributed by atoms with Crippen LogP contribution in [0.2, 0.25) is 0 Å². The number of aryl methyl sites for hydroxylation is 1. The van der Waals surface area contributed by atoms with E-state index in [-0.39, 0.29) is 11.4 Å². The van der Waals surface area contributed by atoms with Crippen LogP contribution in [0.1, 0.15) is 16.7 Å². The Labute approximate surface area is 199 Å². The van der Waals surface area contributed by atoms with E-state index in [1.54, 1.807) is 42.5 Å². The van der Waals surface area contributed by atoms with Crippen molar-refractivity contribution in [3.8, 4) is 11.5 Å². The second-order valence-electron chi connectivity index (χ2n) is 8.01. The molecule has 0 unspecified atom stereocenters. The Morgan fingerprint density at radius 2 is 1.71 bits per heavy atom. The molecule has 178 valence electrons. The highest BCUT2D eigenvalue weighted by atomic mass is 32.2. The summed E-state index contributed by atoms with van der Waals surface area (Å²) in [4.78, 5) is 12.9. The average molecular weight is 482 g/mol. The van der Waals surface area contributed by atoms with Gasteiger partial charge in [-0.15, -0.1) is 0 Å². The summed E-state index contributed by atoms with van der Waals surface area (Å²) in [6.07, 6.45) is 0.605. The molecule has 0 aliphatic carbocycles. The lowest BCUT2D eigenvalue weighted by molar-refractivity contribution is 0.262. The zero-order valence-corrected chi connectivity index (χ0v) is 20.1. The monoisotopic (exact) mass is 481 g/mol. The molecule has 0 saturated heterocycles. The van der Waals surface area contributed by atoms with Crippen LogP contribution in [0, 0.1) is 6.92 Å². The van der Waals surface area contributed by atoms with Gasteiger partial charge in [0.15, 0.2) is 11.5 Å². The molecule has 0 aromatic heterocycles. The van der Waals surface area contributed by atoms with Crippen molar-refractivity contribution < 1.29 is 22.7 Å². The number of sulfonamides is 1. The van der Waals surface area contributed by atoms with Gasteiger partial charge in [0.2, 0.25) is 10.0 Å². The van der Waals surface area contributed by atoms with Gasteiger partial charge in [0, 0.05) is 18.8 Å². The largest absolute Gasteiger partial charge is 0.493 e. The van der Waals surface area contributed by atoms with E-state index in [9.17, 15) is 13.2 Å². The van der Waals surface area contributed by atoms with Crippen LogP contribution in [0.25, 0.3) is 0 Å². The number of amides is 2. The summed E-state index contributed by atoms with van der Waals surface area (Å²) < 4.78 is 38.3. The standard InChI is InChI=1S/C25H27N3O5S/c1-17-7-11-21(12-8-17)34(30,31)28-14-13-18-9-10-20(15-19(18)16-28)26-25(29)27-22-5-4-6-23(32-2)24(22)33-3/h4-12,15H,13-14,16H2,1-3H3,(H2,26,27,29). The Bertz CT molecular complexity index is 1310. The number of hydrogen-bond donors (Lipinski definition) is 2. The maximum absolute atomic E-state index is 13.1. The molecule has 1 heterocycles. The number of rotatable bonds is 6. The molecule has 0 bridgehead atoms. The van der Waals surface area contributed by atoms with E-state index in [1.807, 2.05) is 25.1 Å². The molecule has 0 saturated carbocycles. The normalized spacial score (nSPS) is 13.6. The minimum atomic E-state index is -3.60. The fourth-order valence-corrected chi connectivity index (χ4v) is 5.36. The molecule has 1 aliphatic rings. The highest BCUT2D eigenvalue weighted by molar-refractivity contribution is 7.89. The molecule has 9 heteroatoms. The van der Waals surface area contributed by atoms with Crippen LogP contribution in [0.3, 0.4) is 0 Å². The third-order valence-electron chi connectivity index (χ3n) is 5.75. The van der Waals surface area contributed by atoms with Crippen molar-refractivity contribution in [2.75, 3.05) is 31.4 Å². The first-order valence-corrected chi connectivity index (χ1v) is 12.2. The Balaban J connectivity index is 1.49. The number of carbonyl (C=O) groups is 1. The topological polar surface area (TPSA) is 97.0 Å². The van der Waals surface area contributed by atoms with Gasteiger partial charge in [-0.3, -0.25) is 0 Å². The third-order valence-corrected chi connectivity index (χ3v) is 7.61. The number of ether oxygens (including phenoxy) is 2. The Kier molecular flexibility index (Phi) is 6.76. The Morgan fingerprint density at radius 1 is 0.941 bits per heavy atom. The summed E-state index contributed by atoms with van der Waals surface area (Å²) in [5, 5.41) is 5.57. The van der Waals surface area contributed by atoms with Crippen molar-refractivity contribution in [3.63, 3.8) is 0 Å². The molecule has 3 aromatic rings. The molecular formula is C25H27N3O5S. The molecule has 0 radical (unpaired) electrons. The minimum absolute atomic E-state index is 0.242. The van der Waals surface area contributed by atoms with Crippen LogP contribution in [-0.2, 0) is 23.0 Å². The summed E-state index contributed by atoms with van der Waals surface area (Å²) in [5.41, 5.74) is 3.96. The van der Waals surface area contributed by atoms with E-state index in [2.05, 4.69) is 10.6 Å². The second kappa shape index (κ2) is 9.74. The van der Waals surface area contributed by atoms with E-state index in [0.717, 1.165) is 16.7 Å². The van der Waals surface area contributed by atoms with Crippen LogP contribution in [-0.4, -0.2) is 39.5 Å². The van der Waals surface area contributed by atoms with E-state index < -0.39 is 16.1 Å². The molecule has 0 spiro atoms. The first-order chi connectivity index (χ1) is 16.3. The fraction of sp³-hybridized carbons (Fsp3) is 0.240. The summed E-state index contributed by atoms with van der Waals surface area (Å²) >= 11 is 0. The number of nitrogens with one attached hydrogen (secondary N) is 2. The summed E-state index contributed by atoms with van der Waals surface area (Å²) in [7, 11) is -0.579. The molecule has 2 amide bonds. The van der Waals surface area contributed by atoms with Crippen LogP contribution in [0.15, 0.2) is 65.6 Å². The number of anilines is 2. The van der Waals surface area contributed by atoms with Crippen molar-refractivity contribution in [1.29, 1.82) is 0 Å². The zero-order valence-electron chi connectivity index (χ0n) is 19.3. The van der Waals surface area contributed by atoms with Gasteiger partial charge in [0.05, 0.1) is 24.8 Å². The number of fused-ring (bicyclic) bond motifs is 1.